The van der Waals surface area contributed by atoms with Gasteiger partial charge in [-0.15, -0.1) is 0 Å². The summed E-state index contributed by atoms with van der Waals surface area (Å²) in [4.78, 5) is 18.8. The molecule has 1 amide bonds. The second-order valence-corrected chi connectivity index (χ2v) is 7.24. The Bertz CT molecular complexity index is 962. The highest BCUT2D eigenvalue weighted by atomic mass is 19.1. The first-order valence-corrected chi connectivity index (χ1v) is 10.0. The Kier molecular flexibility index (Phi) is 5.89. The largest absolute Gasteiger partial charge is 0.441 e. The van der Waals surface area contributed by atoms with Crippen molar-refractivity contribution in [1.82, 2.24) is 4.98 Å². The number of hydrogen-bond acceptors (Lipinski definition) is 4. The summed E-state index contributed by atoms with van der Waals surface area (Å²) < 4.78 is 19.4. The first-order valence-electron chi connectivity index (χ1n) is 10.0. The molecular weight excluding hydrogens is 369 g/mol. The molecule has 0 spiro atoms. The molecule has 1 saturated heterocycles. The van der Waals surface area contributed by atoms with Crippen LogP contribution in [0.15, 0.2) is 59.1 Å². The molecule has 0 unspecified atom stereocenters. The van der Waals surface area contributed by atoms with Crippen LogP contribution in [-0.4, -0.2) is 24.0 Å². The average Bonchev–Trinajstić information content (AvgIpc) is 3.23. The van der Waals surface area contributed by atoms with Crippen molar-refractivity contribution in [2.75, 3.05) is 23.3 Å². The lowest BCUT2D eigenvalue weighted by Gasteiger charge is -2.28. The second-order valence-electron chi connectivity index (χ2n) is 7.24. The fourth-order valence-electron chi connectivity index (χ4n) is 3.56. The Balaban J connectivity index is 1.30. The molecule has 6 heteroatoms. The molecule has 1 aromatic heterocycles. The first-order chi connectivity index (χ1) is 14.2. The number of anilines is 2. The van der Waals surface area contributed by atoms with Crippen molar-refractivity contribution >= 4 is 17.3 Å². The zero-order valence-corrected chi connectivity index (χ0v) is 16.2. The number of aromatic nitrogens is 1. The van der Waals surface area contributed by atoms with E-state index in [2.05, 4.69) is 27.3 Å². The van der Waals surface area contributed by atoms with Gasteiger partial charge in [0, 0.05) is 37.3 Å². The molecule has 5 nitrogen and oxygen atoms in total. The van der Waals surface area contributed by atoms with Gasteiger partial charge in [-0.3, -0.25) is 4.79 Å². The molecule has 1 fully saturated rings. The number of nitrogens with one attached hydrogen (secondary N) is 1. The van der Waals surface area contributed by atoms with Gasteiger partial charge in [-0.05, 0) is 55.7 Å². The third-order valence-corrected chi connectivity index (χ3v) is 5.13. The lowest BCUT2D eigenvalue weighted by Crippen LogP contribution is -2.29. The van der Waals surface area contributed by atoms with Gasteiger partial charge in [-0.2, -0.15) is 0 Å². The van der Waals surface area contributed by atoms with E-state index in [0.29, 0.717) is 23.6 Å². The van der Waals surface area contributed by atoms with E-state index in [0.717, 1.165) is 18.8 Å². The van der Waals surface area contributed by atoms with Gasteiger partial charge in [0.1, 0.15) is 5.82 Å². The van der Waals surface area contributed by atoms with Gasteiger partial charge in [0.2, 0.25) is 5.91 Å². The maximum atomic E-state index is 13.8. The van der Waals surface area contributed by atoms with E-state index in [1.807, 2.05) is 12.1 Å². The Morgan fingerprint density at radius 1 is 1.07 bits per heavy atom. The number of carbonyl (C=O) groups is 1. The fraction of sp³-hybridized carbons (Fsp3) is 0.304. The van der Waals surface area contributed by atoms with E-state index < -0.39 is 0 Å². The molecule has 4 rings (SSSR count). The summed E-state index contributed by atoms with van der Waals surface area (Å²) in [6.45, 7) is 2.19. The summed E-state index contributed by atoms with van der Waals surface area (Å²) >= 11 is 0. The number of nitrogens with zero attached hydrogens (tertiary/aromatic N) is 2. The maximum absolute atomic E-state index is 13.8. The van der Waals surface area contributed by atoms with Crippen molar-refractivity contribution in [3.05, 3.63) is 66.4 Å². The number of aryl methyl sites for hydroxylation is 1. The van der Waals surface area contributed by atoms with Crippen LogP contribution in [0.5, 0.6) is 0 Å². The summed E-state index contributed by atoms with van der Waals surface area (Å²) in [6, 6.07) is 14.4. The van der Waals surface area contributed by atoms with Crippen LogP contribution in [0.3, 0.4) is 0 Å². The maximum Gasteiger partial charge on any atom is 0.224 e. The van der Waals surface area contributed by atoms with Crippen molar-refractivity contribution in [2.24, 2.45) is 0 Å². The van der Waals surface area contributed by atoms with Crippen LogP contribution in [-0.2, 0) is 11.2 Å². The smallest absolute Gasteiger partial charge is 0.224 e. The molecule has 29 heavy (non-hydrogen) atoms. The molecule has 0 bridgehead atoms. The van der Waals surface area contributed by atoms with Crippen molar-refractivity contribution in [2.45, 2.75) is 32.1 Å². The van der Waals surface area contributed by atoms with Gasteiger partial charge in [-0.25, -0.2) is 9.37 Å². The third-order valence-electron chi connectivity index (χ3n) is 5.13. The van der Waals surface area contributed by atoms with Gasteiger partial charge in [0.05, 0.1) is 11.8 Å². The summed E-state index contributed by atoms with van der Waals surface area (Å²) in [5.74, 6) is 0.313. The van der Waals surface area contributed by atoms with Gasteiger partial charge < -0.3 is 14.6 Å². The van der Waals surface area contributed by atoms with Gasteiger partial charge >= 0.3 is 0 Å². The van der Waals surface area contributed by atoms with Crippen molar-refractivity contribution < 1.29 is 13.6 Å². The van der Waals surface area contributed by atoms with Crippen LogP contribution in [0.2, 0.25) is 0 Å². The topological polar surface area (TPSA) is 58.4 Å². The minimum Gasteiger partial charge on any atom is -0.441 e. The lowest BCUT2D eigenvalue weighted by molar-refractivity contribution is -0.116. The molecule has 3 aromatic rings. The molecule has 0 aliphatic carbocycles. The third kappa shape index (κ3) is 4.83. The highest BCUT2D eigenvalue weighted by Crippen LogP contribution is 2.24. The van der Waals surface area contributed by atoms with Gasteiger partial charge in [0.25, 0.3) is 0 Å². The molecule has 0 radical (unpaired) electrons. The van der Waals surface area contributed by atoms with E-state index in [4.69, 9.17) is 4.42 Å². The molecule has 2 aromatic carbocycles. The number of hydrogen-bond donors (Lipinski definition) is 1. The molecule has 1 aliphatic rings. The van der Waals surface area contributed by atoms with E-state index in [1.54, 1.807) is 18.2 Å². The number of halogens is 1. The molecule has 0 saturated carbocycles. The summed E-state index contributed by atoms with van der Waals surface area (Å²) in [7, 11) is 0. The van der Waals surface area contributed by atoms with Gasteiger partial charge in [-0.1, -0.05) is 12.1 Å². The van der Waals surface area contributed by atoms with E-state index in [9.17, 15) is 9.18 Å². The monoisotopic (exact) mass is 393 g/mol. The minimum atomic E-state index is -0.360. The quantitative estimate of drug-likeness (QED) is 0.637. The first kappa shape index (κ1) is 19.2. The van der Waals surface area contributed by atoms with Crippen molar-refractivity contribution in [1.29, 1.82) is 0 Å². The molecule has 150 valence electrons. The number of oxazole rings is 1. The minimum absolute atomic E-state index is 0.110. The molecule has 1 N–H and O–H groups in total. The zero-order chi connectivity index (χ0) is 20.1. The van der Waals surface area contributed by atoms with Crippen LogP contribution < -0.4 is 10.2 Å². The normalized spacial score (nSPS) is 14.0. The Morgan fingerprint density at radius 2 is 1.83 bits per heavy atom. The standard InChI is InChI=1S/C23H24FN3O2/c24-20-7-3-2-6-19(20)21-16-25-23(29-21)13-12-22(28)26-17-8-10-18(11-9-17)27-14-4-1-5-15-27/h2-3,6-11,16H,1,4-5,12-15H2,(H,26,28). The Morgan fingerprint density at radius 3 is 2.59 bits per heavy atom. The highest BCUT2D eigenvalue weighted by Gasteiger charge is 2.13. The summed E-state index contributed by atoms with van der Waals surface area (Å²) in [6.07, 6.45) is 5.86. The van der Waals surface area contributed by atoms with E-state index in [-0.39, 0.29) is 18.1 Å². The van der Waals surface area contributed by atoms with Crippen LogP contribution in [0.25, 0.3) is 11.3 Å². The van der Waals surface area contributed by atoms with Crippen LogP contribution in [0.4, 0.5) is 15.8 Å². The predicted molar refractivity (Wildman–Crippen MR) is 111 cm³/mol. The fourth-order valence-corrected chi connectivity index (χ4v) is 3.56. The molecule has 2 heterocycles. The van der Waals surface area contributed by atoms with E-state index in [1.165, 1.54) is 37.2 Å². The van der Waals surface area contributed by atoms with Crippen LogP contribution in [0.1, 0.15) is 31.6 Å². The number of carbonyl (C=O) groups excluding carboxylic acids is 1. The number of rotatable bonds is 6. The Labute approximate surface area is 169 Å². The van der Waals surface area contributed by atoms with Crippen molar-refractivity contribution in [3.63, 3.8) is 0 Å². The van der Waals surface area contributed by atoms with Crippen molar-refractivity contribution in [3.8, 4) is 11.3 Å². The van der Waals surface area contributed by atoms with E-state index >= 15 is 0 Å². The highest BCUT2D eigenvalue weighted by molar-refractivity contribution is 5.91. The Hall–Kier alpha value is -3.15. The average molecular weight is 393 g/mol. The molecule has 0 atom stereocenters. The number of piperidine rings is 1. The van der Waals surface area contributed by atoms with Crippen LogP contribution in [0, 0.1) is 5.82 Å². The van der Waals surface area contributed by atoms with Crippen LogP contribution >= 0.6 is 0 Å². The second kappa shape index (κ2) is 8.90. The lowest BCUT2D eigenvalue weighted by atomic mass is 10.1. The number of amides is 1. The zero-order valence-electron chi connectivity index (χ0n) is 16.2. The van der Waals surface area contributed by atoms with Gasteiger partial charge in [0.15, 0.2) is 11.7 Å². The molecular formula is C23H24FN3O2. The summed E-state index contributed by atoms with van der Waals surface area (Å²) in [5.41, 5.74) is 2.34. The SMILES string of the molecule is O=C(CCc1ncc(-c2ccccc2F)o1)Nc1ccc(N2CCCCC2)cc1. The number of benzene rings is 2. The predicted octanol–water partition coefficient (Wildman–Crippen LogP) is 5.04. The summed E-state index contributed by atoms with van der Waals surface area (Å²) in [5, 5.41) is 2.90. The molecule has 1 aliphatic heterocycles.